The second-order valence-corrected chi connectivity index (χ2v) is 8.59. The van der Waals surface area contributed by atoms with Crippen molar-refractivity contribution in [3.63, 3.8) is 0 Å². The maximum absolute atomic E-state index is 12.6. The molecule has 2 amide bonds. The summed E-state index contributed by atoms with van der Waals surface area (Å²) in [4.78, 5) is 27.0. The van der Waals surface area contributed by atoms with Gasteiger partial charge < -0.3 is 15.0 Å². The number of hydrogen-bond donors (Lipinski definition) is 1. The number of carbonyl (C=O) groups excluding carboxylic acids is 2. The molecule has 1 heterocycles. The molecule has 3 aromatic rings. The van der Waals surface area contributed by atoms with Gasteiger partial charge in [-0.05, 0) is 60.9 Å². The van der Waals surface area contributed by atoms with Crippen LogP contribution in [-0.4, -0.2) is 35.6 Å². The highest BCUT2D eigenvalue weighted by atomic mass is 32.2. The van der Waals surface area contributed by atoms with Crippen molar-refractivity contribution in [2.75, 3.05) is 24.2 Å². The van der Waals surface area contributed by atoms with Gasteiger partial charge in [0.1, 0.15) is 11.1 Å². The van der Waals surface area contributed by atoms with Crippen LogP contribution in [0.5, 0.6) is 5.75 Å². The fourth-order valence-electron chi connectivity index (χ4n) is 3.67. The summed E-state index contributed by atoms with van der Waals surface area (Å²) < 4.78 is 5.43. The van der Waals surface area contributed by atoms with Gasteiger partial charge in [0.15, 0.2) is 0 Å². The molecular weight excluding hydrogens is 420 g/mol. The first-order valence-electron chi connectivity index (χ1n) is 10.7. The third-order valence-corrected chi connectivity index (χ3v) is 6.59. The van der Waals surface area contributed by atoms with E-state index in [-0.39, 0.29) is 17.2 Å². The Labute approximate surface area is 192 Å². The summed E-state index contributed by atoms with van der Waals surface area (Å²) in [5, 5.41) is 2.89. The SMILES string of the molecule is CCOc1ccc(NC(=O)c2ccc([C@@H]3SCC(=O)N3CCc3ccccc3)cc2)cc1. The average molecular weight is 447 g/mol. The number of rotatable bonds is 8. The Morgan fingerprint density at radius 2 is 1.75 bits per heavy atom. The molecule has 6 heteroatoms. The molecule has 1 fully saturated rings. The van der Waals surface area contributed by atoms with Gasteiger partial charge in [0.25, 0.3) is 5.91 Å². The Bertz CT molecular complexity index is 1050. The minimum Gasteiger partial charge on any atom is -0.494 e. The number of benzene rings is 3. The van der Waals surface area contributed by atoms with Gasteiger partial charge in [-0.15, -0.1) is 11.8 Å². The van der Waals surface area contributed by atoms with Gasteiger partial charge in [-0.25, -0.2) is 0 Å². The van der Waals surface area contributed by atoms with Crippen molar-refractivity contribution in [2.45, 2.75) is 18.7 Å². The Kier molecular flexibility index (Phi) is 7.12. The molecule has 0 bridgehead atoms. The summed E-state index contributed by atoms with van der Waals surface area (Å²) in [7, 11) is 0. The molecule has 1 N–H and O–H groups in total. The summed E-state index contributed by atoms with van der Waals surface area (Å²) >= 11 is 1.63. The van der Waals surface area contributed by atoms with E-state index in [0.717, 1.165) is 17.7 Å². The number of nitrogens with zero attached hydrogens (tertiary/aromatic N) is 1. The van der Waals surface area contributed by atoms with E-state index in [1.165, 1.54) is 5.56 Å². The Hall–Kier alpha value is -3.25. The lowest BCUT2D eigenvalue weighted by molar-refractivity contribution is -0.128. The lowest BCUT2D eigenvalue weighted by Gasteiger charge is -2.24. The molecule has 1 atom stereocenters. The molecule has 0 saturated carbocycles. The van der Waals surface area contributed by atoms with Gasteiger partial charge in [-0.2, -0.15) is 0 Å². The van der Waals surface area contributed by atoms with Gasteiger partial charge in [0.05, 0.1) is 12.4 Å². The molecule has 1 aliphatic rings. The third-order valence-electron chi connectivity index (χ3n) is 5.33. The van der Waals surface area contributed by atoms with E-state index in [1.807, 2.05) is 78.6 Å². The average Bonchev–Trinajstić information content (AvgIpc) is 3.20. The van der Waals surface area contributed by atoms with Gasteiger partial charge >= 0.3 is 0 Å². The zero-order valence-electron chi connectivity index (χ0n) is 18.0. The second-order valence-electron chi connectivity index (χ2n) is 7.52. The first kappa shape index (κ1) is 22.0. The highest BCUT2D eigenvalue weighted by Gasteiger charge is 2.32. The highest BCUT2D eigenvalue weighted by Crippen LogP contribution is 2.38. The van der Waals surface area contributed by atoms with Crippen molar-refractivity contribution < 1.29 is 14.3 Å². The van der Waals surface area contributed by atoms with Gasteiger partial charge in [0.2, 0.25) is 5.91 Å². The first-order valence-corrected chi connectivity index (χ1v) is 11.8. The lowest BCUT2D eigenvalue weighted by atomic mass is 10.1. The topological polar surface area (TPSA) is 58.6 Å². The van der Waals surface area contributed by atoms with Crippen molar-refractivity contribution in [1.29, 1.82) is 0 Å². The second kappa shape index (κ2) is 10.4. The van der Waals surface area contributed by atoms with E-state index >= 15 is 0 Å². The fraction of sp³-hybridized carbons (Fsp3) is 0.231. The van der Waals surface area contributed by atoms with Crippen LogP contribution in [0, 0.1) is 0 Å². The normalized spacial score (nSPS) is 15.6. The van der Waals surface area contributed by atoms with Crippen molar-refractivity contribution in [3.05, 3.63) is 95.6 Å². The molecule has 3 aromatic carbocycles. The molecule has 0 aromatic heterocycles. The van der Waals surface area contributed by atoms with E-state index in [9.17, 15) is 9.59 Å². The molecule has 0 unspecified atom stereocenters. The molecule has 0 spiro atoms. The largest absolute Gasteiger partial charge is 0.494 e. The summed E-state index contributed by atoms with van der Waals surface area (Å²) in [6, 6.07) is 25.0. The molecule has 32 heavy (non-hydrogen) atoms. The standard InChI is InChI=1S/C26H26N2O3S/c1-2-31-23-14-12-22(13-15-23)27-25(30)20-8-10-21(11-9-20)26-28(24(29)18-32-26)17-16-19-6-4-3-5-7-19/h3-15,26H,2,16-18H2,1H3,(H,27,30)/t26-/m0/s1. The van der Waals surface area contributed by atoms with Gasteiger partial charge in [0, 0.05) is 17.8 Å². The monoisotopic (exact) mass is 446 g/mol. The quantitative estimate of drug-likeness (QED) is 0.520. The maximum Gasteiger partial charge on any atom is 0.255 e. The summed E-state index contributed by atoms with van der Waals surface area (Å²) in [6.07, 6.45) is 0.826. The van der Waals surface area contributed by atoms with Gasteiger partial charge in [-0.1, -0.05) is 42.5 Å². The Balaban J connectivity index is 1.39. The Morgan fingerprint density at radius 3 is 2.44 bits per heavy atom. The van der Waals surface area contributed by atoms with Crippen LogP contribution < -0.4 is 10.1 Å². The first-order chi connectivity index (χ1) is 15.6. The number of anilines is 1. The number of hydrogen-bond acceptors (Lipinski definition) is 4. The predicted molar refractivity (Wildman–Crippen MR) is 129 cm³/mol. The molecule has 0 radical (unpaired) electrons. The van der Waals surface area contributed by atoms with E-state index in [2.05, 4.69) is 17.4 Å². The third kappa shape index (κ3) is 5.32. The van der Waals surface area contributed by atoms with E-state index in [4.69, 9.17) is 4.74 Å². The number of nitrogens with one attached hydrogen (secondary N) is 1. The van der Waals surface area contributed by atoms with Crippen LogP contribution in [0.3, 0.4) is 0 Å². The van der Waals surface area contributed by atoms with Crippen LogP contribution in [0.2, 0.25) is 0 Å². The van der Waals surface area contributed by atoms with E-state index in [1.54, 1.807) is 11.8 Å². The van der Waals surface area contributed by atoms with Crippen molar-refractivity contribution in [1.82, 2.24) is 4.90 Å². The van der Waals surface area contributed by atoms with Crippen LogP contribution in [0.1, 0.15) is 33.8 Å². The predicted octanol–water partition coefficient (Wildman–Crippen LogP) is 5.15. The number of amides is 2. The molecule has 0 aliphatic carbocycles. The Morgan fingerprint density at radius 1 is 1.03 bits per heavy atom. The summed E-state index contributed by atoms with van der Waals surface area (Å²) in [5.41, 5.74) is 3.54. The molecular formula is C26H26N2O3S. The minimum absolute atomic E-state index is 0.0190. The van der Waals surface area contributed by atoms with Crippen LogP contribution >= 0.6 is 11.8 Å². The maximum atomic E-state index is 12.6. The van der Waals surface area contributed by atoms with Crippen molar-refractivity contribution >= 4 is 29.3 Å². The van der Waals surface area contributed by atoms with Crippen LogP contribution in [0.4, 0.5) is 5.69 Å². The lowest BCUT2D eigenvalue weighted by Crippen LogP contribution is -2.30. The van der Waals surface area contributed by atoms with Crippen LogP contribution in [-0.2, 0) is 11.2 Å². The number of ether oxygens (including phenoxy) is 1. The molecule has 164 valence electrons. The molecule has 5 nitrogen and oxygen atoms in total. The van der Waals surface area contributed by atoms with E-state index < -0.39 is 0 Å². The summed E-state index contributed by atoms with van der Waals surface area (Å²) in [5.74, 6) is 1.25. The zero-order valence-corrected chi connectivity index (χ0v) is 18.8. The summed E-state index contributed by atoms with van der Waals surface area (Å²) in [6.45, 7) is 3.22. The smallest absolute Gasteiger partial charge is 0.255 e. The van der Waals surface area contributed by atoms with Crippen LogP contribution in [0.25, 0.3) is 0 Å². The van der Waals surface area contributed by atoms with Crippen LogP contribution in [0.15, 0.2) is 78.9 Å². The molecule has 1 saturated heterocycles. The highest BCUT2D eigenvalue weighted by molar-refractivity contribution is 8.00. The molecule has 4 rings (SSSR count). The minimum atomic E-state index is -0.170. The molecule has 1 aliphatic heterocycles. The van der Waals surface area contributed by atoms with E-state index in [0.29, 0.717) is 30.2 Å². The zero-order chi connectivity index (χ0) is 22.3. The van der Waals surface area contributed by atoms with Crippen molar-refractivity contribution in [2.24, 2.45) is 0 Å². The fourth-order valence-corrected chi connectivity index (χ4v) is 4.89. The van der Waals surface area contributed by atoms with Gasteiger partial charge in [-0.3, -0.25) is 9.59 Å². The number of thioether (sulfide) groups is 1. The number of carbonyl (C=O) groups is 2. The van der Waals surface area contributed by atoms with Crippen molar-refractivity contribution in [3.8, 4) is 5.75 Å².